The van der Waals surface area contributed by atoms with Gasteiger partial charge in [-0.25, -0.2) is 4.98 Å². The second-order valence-electron chi connectivity index (χ2n) is 5.23. The highest BCUT2D eigenvalue weighted by Crippen LogP contribution is 2.29. The summed E-state index contributed by atoms with van der Waals surface area (Å²) in [6.07, 6.45) is 3.76. The van der Waals surface area contributed by atoms with Crippen molar-refractivity contribution in [3.8, 4) is 11.5 Å². The molecule has 0 saturated heterocycles. The average molecular weight is 329 g/mol. The normalized spacial score (nSPS) is 10.1. The number of pyridine rings is 1. The number of unbranched alkanes of at least 4 members (excludes halogenated alkanes) is 1. The van der Waals surface area contributed by atoms with E-state index in [1.54, 1.807) is 50.7 Å². The molecule has 0 aliphatic carbocycles. The third-order valence-corrected chi connectivity index (χ3v) is 3.52. The van der Waals surface area contributed by atoms with E-state index in [4.69, 9.17) is 9.47 Å². The minimum atomic E-state index is -0.244. The molecule has 6 heteroatoms. The highest BCUT2D eigenvalue weighted by Gasteiger charge is 2.11. The summed E-state index contributed by atoms with van der Waals surface area (Å²) in [4.78, 5) is 16.6. The van der Waals surface area contributed by atoms with E-state index >= 15 is 0 Å². The number of carbonyl (C=O) groups is 1. The molecule has 1 aromatic carbocycles. The van der Waals surface area contributed by atoms with Crippen molar-refractivity contribution in [1.29, 1.82) is 0 Å². The van der Waals surface area contributed by atoms with Gasteiger partial charge in [0.2, 0.25) is 0 Å². The SMILES string of the molecule is CCCCNc1ccc(C(=O)Nc2ccc(OC)cc2OC)cn1. The third-order valence-electron chi connectivity index (χ3n) is 3.52. The molecular weight excluding hydrogens is 306 g/mol. The van der Waals surface area contributed by atoms with Crippen LogP contribution in [0.15, 0.2) is 36.5 Å². The van der Waals surface area contributed by atoms with Gasteiger partial charge in [-0.1, -0.05) is 13.3 Å². The lowest BCUT2D eigenvalue weighted by Gasteiger charge is -2.12. The second kappa shape index (κ2) is 8.76. The maximum absolute atomic E-state index is 12.4. The highest BCUT2D eigenvalue weighted by molar-refractivity contribution is 6.05. The summed E-state index contributed by atoms with van der Waals surface area (Å²) in [6, 6.07) is 8.76. The Morgan fingerprint density at radius 1 is 1.17 bits per heavy atom. The molecule has 0 bridgehead atoms. The van der Waals surface area contributed by atoms with E-state index in [0.717, 1.165) is 25.2 Å². The number of amides is 1. The van der Waals surface area contributed by atoms with Crippen LogP contribution in [0, 0.1) is 0 Å². The van der Waals surface area contributed by atoms with Gasteiger partial charge in [0.05, 0.1) is 25.5 Å². The first kappa shape index (κ1) is 17.6. The van der Waals surface area contributed by atoms with Crippen molar-refractivity contribution in [2.75, 3.05) is 31.4 Å². The Morgan fingerprint density at radius 2 is 2.00 bits per heavy atom. The Labute approximate surface area is 142 Å². The molecule has 1 amide bonds. The largest absolute Gasteiger partial charge is 0.497 e. The summed E-state index contributed by atoms with van der Waals surface area (Å²) in [7, 11) is 3.12. The van der Waals surface area contributed by atoms with Gasteiger partial charge in [0.1, 0.15) is 17.3 Å². The molecule has 0 atom stereocenters. The predicted molar refractivity (Wildman–Crippen MR) is 95.1 cm³/mol. The monoisotopic (exact) mass is 329 g/mol. The lowest BCUT2D eigenvalue weighted by Crippen LogP contribution is -2.13. The fourth-order valence-corrected chi connectivity index (χ4v) is 2.12. The molecule has 0 spiro atoms. The van der Waals surface area contributed by atoms with Crippen LogP contribution >= 0.6 is 0 Å². The minimum absolute atomic E-state index is 0.244. The van der Waals surface area contributed by atoms with Gasteiger partial charge in [-0.05, 0) is 30.7 Å². The number of aromatic nitrogens is 1. The van der Waals surface area contributed by atoms with Crippen LogP contribution < -0.4 is 20.1 Å². The molecule has 1 aromatic heterocycles. The molecule has 24 heavy (non-hydrogen) atoms. The lowest BCUT2D eigenvalue weighted by atomic mass is 10.2. The van der Waals surface area contributed by atoms with Crippen molar-refractivity contribution in [1.82, 2.24) is 4.98 Å². The van der Waals surface area contributed by atoms with Crippen LogP contribution in [-0.2, 0) is 0 Å². The topological polar surface area (TPSA) is 72.5 Å². The number of benzene rings is 1. The lowest BCUT2D eigenvalue weighted by molar-refractivity contribution is 0.102. The molecule has 128 valence electrons. The molecule has 0 fully saturated rings. The number of rotatable bonds is 8. The number of methoxy groups -OCH3 is 2. The van der Waals surface area contributed by atoms with Gasteiger partial charge in [-0.3, -0.25) is 4.79 Å². The zero-order valence-electron chi connectivity index (χ0n) is 14.3. The fraction of sp³-hybridized carbons (Fsp3) is 0.333. The second-order valence-corrected chi connectivity index (χ2v) is 5.23. The highest BCUT2D eigenvalue weighted by atomic mass is 16.5. The summed E-state index contributed by atoms with van der Waals surface area (Å²) in [5.41, 5.74) is 1.06. The first-order valence-electron chi connectivity index (χ1n) is 7.91. The van der Waals surface area contributed by atoms with Gasteiger partial charge in [0, 0.05) is 18.8 Å². The number of ether oxygens (including phenoxy) is 2. The van der Waals surface area contributed by atoms with E-state index in [9.17, 15) is 4.79 Å². The number of nitrogens with one attached hydrogen (secondary N) is 2. The van der Waals surface area contributed by atoms with Crippen molar-refractivity contribution >= 4 is 17.4 Å². The average Bonchev–Trinajstić information content (AvgIpc) is 2.62. The van der Waals surface area contributed by atoms with E-state index in [2.05, 4.69) is 22.5 Å². The molecule has 2 aromatic rings. The minimum Gasteiger partial charge on any atom is -0.497 e. The summed E-state index contributed by atoms with van der Waals surface area (Å²) in [5.74, 6) is 1.72. The zero-order valence-corrected chi connectivity index (χ0v) is 14.3. The molecule has 0 aliphatic heterocycles. The van der Waals surface area contributed by atoms with Crippen LogP contribution in [0.2, 0.25) is 0 Å². The number of nitrogens with zero attached hydrogens (tertiary/aromatic N) is 1. The number of hydrogen-bond donors (Lipinski definition) is 2. The van der Waals surface area contributed by atoms with Gasteiger partial charge in [-0.15, -0.1) is 0 Å². The molecule has 2 rings (SSSR count). The standard InChI is InChI=1S/C18H23N3O3/c1-4-5-10-19-17-9-6-13(12-20-17)18(22)21-15-8-7-14(23-2)11-16(15)24-3/h6-9,11-12H,4-5,10H2,1-3H3,(H,19,20)(H,21,22). The van der Waals surface area contributed by atoms with Crippen LogP contribution in [0.1, 0.15) is 30.1 Å². The Balaban J connectivity index is 2.04. The molecule has 2 N–H and O–H groups in total. The predicted octanol–water partition coefficient (Wildman–Crippen LogP) is 3.56. The number of anilines is 2. The van der Waals surface area contributed by atoms with Crippen molar-refractivity contribution < 1.29 is 14.3 Å². The Bertz CT molecular complexity index is 672. The summed E-state index contributed by atoms with van der Waals surface area (Å²) >= 11 is 0. The molecule has 0 saturated carbocycles. The van der Waals surface area contributed by atoms with Gasteiger partial charge in [0.15, 0.2) is 0 Å². The number of carbonyl (C=O) groups excluding carboxylic acids is 1. The van der Waals surface area contributed by atoms with Gasteiger partial charge < -0.3 is 20.1 Å². The summed E-state index contributed by atoms with van der Waals surface area (Å²) < 4.78 is 10.4. The van der Waals surface area contributed by atoms with E-state index in [1.165, 1.54) is 0 Å². The quantitative estimate of drug-likeness (QED) is 0.725. The zero-order chi connectivity index (χ0) is 17.4. The van der Waals surface area contributed by atoms with E-state index < -0.39 is 0 Å². The van der Waals surface area contributed by atoms with Crippen LogP contribution in [0.4, 0.5) is 11.5 Å². The first-order valence-corrected chi connectivity index (χ1v) is 7.91. The van der Waals surface area contributed by atoms with Gasteiger partial charge in [0.25, 0.3) is 5.91 Å². The number of hydrogen-bond acceptors (Lipinski definition) is 5. The van der Waals surface area contributed by atoms with E-state index in [1.807, 2.05) is 0 Å². The Kier molecular flexibility index (Phi) is 6.42. The summed E-state index contributed by atoms with van der Waals surface area (Å²) in [5, 5.41) is 6.04. The fourth-order valence-electron chi connectivity index (χ4n) is 2.12. The molecule has 1 heterocycles. The van der Waals surface area contributed by atoms with Crippen LogP contribution in [0.25, 0.3) is 0 Å². The van der Waals surface area contributed by atoms with E-state index in [0.29, 0.717) is 22.7 Å². The van der Waals surface area contributed by atoms with Gasteiger partial charge in [-0.2, -0.15) is 0 Å². The molecular formula is C18H23N3O3. The third kappa shape index (κ3) is 4.62. The molecule has 0 aliphatic rings. The molecule has 0 unspecified atom stereocenters. The maximum atomic E-state index is 12.4. The first-order chi connectivity index (χ1) is 11.7. The van der Waals surface area contributed by atoms with Crippen molar-refractivity contribution in [2.45, 2.75) is 19.8 Å². The smallest absolute Gasteiger partial charge is 0.257 e. The Hall–Kier alpha value is -2.76. The van der Waals surface area contributed by atoms with Crippen LogP contribution in [0.5, 0.6) is 11.5 Å². The van der Waals surface area contributed by atoms with Crippen molar-refractivity contribution in [3.63, 3.8) is 0 Å². The van der Waals surface area contributed by atoms with Crippen LogP contribution in [0.3, 0.4) is 0 Å². The van der Waals surface area contributed by atoms with Gasteiger partial charge >= 0.3 is 0 Å². The molecule has 6 nitrogen and oxygen atoms in total. The summed E-state index contributed by atoms with van der Waals surface area (Å²) in [6.45, 7) is 3.01. The van der Waals surface area contributed by atoms with E-state index in [-0.39, 0.29) is 5.91 Å². The van der Waals surface area contributed by atoms with Crippen molar-refractivity contribution in [2.24, 2.45) is 0 Å². The van der Waals surface area contributed by atoms with Crippen LogP contribution in [-0.4, -0.2) is 31.7 Å². The molecule has 0 radical (unpaired) electrons. The van der Waals surface area contributed by atoms with Crippen molar-refractivity contribution in [3.05, 3.63) is 42.1 Å². The Morgan fingerprint density at radius 3 is 2.62 bits per heavy atom. The maximum Gasteiger partial charge on any atom is 0.257 e.